The molecule has 1 fully saturated rings. The molecule has 0 unspecified atom stereocenters. The number of amides is 1. The number of pyridine rings is 1. The molecule has 3 N–H and O–H groups in total. The number of ether oxygens (including phenoxy) is 1. The lowest BCUT2D eigenvalue weighted by molar-refractivity contribution is -0.117. The van der Waals surface area contributed by atoms with Crippen LogP contribution in [0.15, 0.2) is 49.2 Å². The van der Waals surface area contributed by atoms with Crippen molar-refractivity contribution in [2.24, 2.45) is 13.0 Å². The molecular weight excluding hydrogens is 436 g/mol. The van der Waals surface area contributed by atoms with Crippen molar-refractivity contribution >= 4 is 23.1 Å². The number of hydrogen-bond acceptors (Lipinski definition) is 8. The van der Waals surface area contributed by atoms with E-state index >= 15 is 0 Å². The number of nitrogens with zero attached hydrogens (tertiary/aromatic N) is 6. The maximum atomic E-state index is 12.3. The molecule has 3 aromatic heterocycles. The van der Waals surface area contributed by atoms with Gasteiger partial charge in [0.05, 0.1) is 43.0 Å². The SMILES string of the molecule is COc1c(Nc2cc(NC(=O)C3CC3)ncc2-n2cc(CO)cn2)cccc1-c1ncn(C)n1. The zero-order valence-corrected chi connectivity index (χ0v) is 18.8. The highest BCUT2D eigenvalue weighted by atomic mass is 16.5. The third-order valence-electron chi connectivity index (χ3n) is 5.48. The number of carbonyl (C=O) groups excluding carboxylic acids is 1. The Bertz CT molecular complexity index is 1340. The molecule has 11 nitrogen and oxygen atoms in total. The van der Waals surface area contributed by atoms with Gasteiger partial charge in [0.25, 0.3) is 0 Å². The number of aliphatic hydroxyl groups excluding tert-OH is 1. The third kappa shape index (κ3) is 4.33. The summed E-state index contributed by atoms with van der Waals surface area (Å²) in [6, 6.07) is 7.39. The van der Waals surface area contributed by atoms with Crippen molar-refractivity contribution in [1.82, 2.24) is 29.5 Å². The van der Waals surface area contributed by atoms with Crippen molar-refractivity contribution in [3.05, 3.63) is 54.7 Å². The summed E-state index contributed by atoms with van der Waals surface area (Å²) in [6.45, 7) is -0.126. The molecule has 0 aliphatic heterocycles. The Hall–Kier alpha value is -4.25. The lowest BCUT2D eigenvalue weighted by Gasteiger charge is -2.17. The van der Waals surface area contributed by atoms with Crippen LogP contribution in [-0.4, -0.2) is 47.7 Å². The number of nitrogens with one attached hydrogen (secondary N) is 2. The second-order valence-electron chi connectivity index (χ2n) is 8.05. The fourth-order valence-electron chi connectivity index (χ4n) is 3.59. The summed E-state index contributed by atoms with van der Waals surface area (Å²) in [4.78, 5) is 21.0. The maximum absolute atomic E-state index is 12.3. The second kappa shape index (κ2) is 8.94. The van der Waals surface area contributed by atoms with Crippen LogP contribution in [0.4, 0.5) is 17.2 Å². The molecule has 1 saturated carbocycles. The molecule has 0 bridgehead atoms. The van der Waals surface area contributed by atoms with Crippen LogP contribution >= 0.6 is 0 Å². The van der Waals surface area contributed by atoms with Crippen molar-refractivity contribution in [3.63, 3.8) is 0 Å². The molecule has 0 atom stereocenters. The highest BCUT2D eigenvalue weighted by Crippen LogP contribution is 2.38. The number of aryl methyl sites for hydroxylation is 1. The standard InChI is InChI=1S/C23H24N8O3/c1-30-13-25-22(29-30)16-4-3-5-17(21(16)34-2)27-18-8-20(28-23(33)15-6-7-15)24-10-19(18)31-11-14(12-32)9-26-31/h3-5,8-11,13,15,32H,6-7,12H2,1-2H3,(H2,24,27,28,33). The van der Waals surface area contributed by atoms with Crippen LogP contribution in [0.1, 0.15) is 18.4 Å². The smallest absolute Gasteiger partial charge is 0.228 e. The quantitative estimate of drug-likeness (QED) is 0.366. The summed E-state index contributed by atoms with van der Waals surface area (Å²) >= 11 is 0. The largest absolute Gasteiger partial charge is 0.494 e. The van der Waals surface area contributed by atoms with Gasteiger partial charge >= 0.3 is 0 Å². The van der Waals surface area contributed by atoms with E-state index in [2.05, 4.69) is 30.8 Å². The molecule has 1 aromatic carbocycles. The molecule has 0 spiro atoms. The van der Waals surface area contributed by atoms with Crippen molar-refractivity contribution in [2.45, 2.75) is 19.4 Å². The molecule has 3 heterocycles. The van der Waals surface area contributed by atoms with Crippen LogP contribution in [0.5, 0.6) is 5.75 Å². The predicted octanol–water partition coefficient (Wildman–Crippen LogP) is 2.66. The lowest BCUT2D eigenvalue weighted by atomic mass is 10.1. The third-order valence-corrected chi connectivity index (χ3v) is 5.48. The van der Waals surface area contributed by atoms with Gasteiger partial charge in [-0.3, -0.25) is 9.48 Å². The first-order chi connectivity index (χ1) is 16.6. The minimum atomic E-state index is -0.126. The van der Waals surface area contributed by atoms with Crippen molar-refractivity contribution in [2.75, 3.05) is 17.7 Å². The van der Waals surface area contributed by atoms with Gasteiger partial charge in [-0.2, -0.15) is 10.2 Å². The molecule has 1 aliphatic carbocycles. The van der Waals surface area contributed by atoms with E-state index in [4.69, 9.17) is 4.74 Å². The van der Waals surface area contributed by atoms with E-state index in [0.717, 1.165) is 18.4 Å². The fourth-order valence-corrected chi connectivity index (χ4v) is 3.59. The van der Waals surface area contributed by atoms with E-state index in [-0.39, 0.29) is 18.4 Å². The number of benzene rings is 1. The van der Waals surface area contributed by atoms with Gasteiger partial charge < -0.3 is 20.5 Å². The van der Waals surface area contributed by atoms with Crippen LogP contribution in [-0.2, 0) is 18.4 Å². The first-order valence-electron chi connectivity index (χ1n) is 10.8. The number of rotatable bonds is 8. The van der Waals surface area contributed by atoms with Crippen molar-refractivity contribution in [3.8, 4) is 22.8 Å². The Balaban J connectivity index is 1.55. The van der Waals surface area contributed by atoms with E-state index in [1.807, 2.05) is 18.2 Å². The van der Waals surface area contributed by atoms with Crippen LogP contribution in [0.25, 0.3) is 17.1 Å². The van der Waals surface area contributed by atoms with E-state index < -0.39 is 0 Å². The summed E-state index contributed by atoms with van der Waals surface area (Å²) in [5.41, 5.74) is 3.34. The molecule has 1 amide bonds. The Morgan fingerprint density at radius 2 is 2.09 bits per heavy atom. The van der Waals surface area contributed by atoms with Crippen molar-refractivity contribution in [1.29, 1.82) is 0 Å². The Kier molecular flexibility index (Phi) is 5.68. The molecule has 174 valence electrons. The summed E-state index contributed by atoms with van der Waals surface area (Å²) in [7, 11) is 3.39. The molecule has 11 heteroatoms. The van der Waals surface area contributed by atoms with Gasteiger partial charge in [-0.25, -0.2) is 14.6 Å². The zero-order chi connectivity index (χ0) is 23.7. The molecule has 4 aromatic rings. The first kappa shape index (κ1) is 21.6. The molecule has 5 rings (SSSR count). The van der Waals surface area contributed by atoms with Crippen LogP contribution in [0.2, 0.25) is 0 Å². The van der Waals surface area contributed by atoms with E-state index in [0.29, 0.717) is 40.0 Å². The molecule has 34 heavy (non-hydrogen) atoms. The average Bonchev–Trinajstić information content (AvgIpc) is 3.44. The second-order valence-corrected chi connectivity index (χ2v) is 8.05. The Morgan fingerprint density at radius 1 is 1.24 bits per heavy atom. The van der Waals surface area contributed by atoms with E-state index in [1.54, 1.807) is 54.5 Å². The number of aliphatic hydroxyl groups is 1. The molecule has 0 radical (unpaired) electrons. The average molecular weight is 460 g/mol. The minimum absolute atomic E-state index is 0.0336. The van der Waals surface area contributed by atoms with E-state index in [1.165, 1.54) is 0 Å². The Labute approximate surface area is 195 Å². The Morgan fingerprint density at radius 3 is 2.76 bits per heavy atom. The van der Waals surface area contributed by atoms with Gasteiger partial charge in [0, 0.05) is 30.8 Å². The fraction of sp³-hybridized carbons (Fsp3) is 0.261. The number of carbonyl (C=O) groups is 1. The van der Waals surface area contributed by atoms with Crippen LogP contribution in [0.3, 0.4) is 0 Å². The zero-order valence-electron chi connectivity index (χ0n) is 18.8. The van der Waals surface area contributed by atoms with Crippen molar-refractivity contribution < 1.29 is 14.6 Å². The lowest BCUT2D eigenvalue weighted by Crippen LogP contribution is -2.15. The molecule has 0 saturated heterocycles. The van der Waals surface area contributed by atoms with Gasteiger partial charge in [0.15, 0.2) is 11.6 Å². The van der Waals surface area contributed by atoms with Gasteiger partial charge in [-0.1, -0.05) is 6.07 Å². The van der Waals surface area contributed by atoms with E-state index in [9.17, 15) is 9.90 Å². The highest BCUT2D eigenvalue weighted by molar-refractivity contribution is 5.94. The highest BCUT2D eigenvalue weighted by Gasteiger charge is 2.30. The monoisotopic (exact) mass is 460 g/mol. The summed E-state index contributed by atoms with van der Waals surface area (Å²) in [6.07, 6.45) is 8.35. The number of methoxy groups -OCH3 is 1. The van der Waals surface area contributed by atoms with Gasteiger partial charge in [-0.05, 0) is 25.0 Å². The summed E-state index contributed by atoms with van der Waals surface area (Å²) < 4.78 is 8.96. The number of aromatic nitrogens is 6. The van der Waals surface area contributed by atoms with Gasteiger partial charge in [-0.15, -0.1) is 0 Å². The minimum Gasteiger partial charge on any atom is -0.494 e. The number of para-hydroxylation sites is 1. The van der Waals surface area contributed by atoms with Gasteiger partial charge in [0.1, 0.15) is 17.8 Å². The molecule has 1 aliphatic rings. The number of anilines is 3. The van der Waals surface area contributed by atoms with Crippen LogP contribution in [0, 0.1) is 5.92 Å². The normalized spacial score (nSPS) is 13.0. The summed E-state index contributed by atoms with van der Waals surface area (Å²) in [5.74, 6) is 1.55. The van der Waals surface area contributed by atoms with Gasteiger partial charge in [0.2, 0.25) is 5.91 Å². The maximum Gasteiger partial charge on any atom is 0.228 e. The molecular formula is C23H24N8O3. The summed E-state index contributed by atoms with van der Waals surface area (Å²) in [5, 5.41) is 24.4. The topological polar surface area (TPSA) is 132 Å². The number of hydrogen-bond donors (Lipinski definition) is 3. The predicted molar refractivity (Wildman–Crippen MR) is 125 cm³/mol. The van der Waals surface area contributed by atoms with Crippen LogP contribution < -0.4 is 15.4 Å². The first-order valence-corrected chi connectivity index (χ1v) is 10.8.